The molecule has 2 heterocycles. The van der Waals surface area contributed by atoms with Crippen molar-refractivity contribution in [1.29, 1.82) is 0 Å². The molecular formula is C56H36N2. The molecule has 2 heteroatoms. The molecule has 11 aromatic rings. The van der Waals surface area contributed by atoms with Crippen molar-refractivity contribution in [3.05, 3.63) is 218 Å². The molecule has 0 aliphatic heterocycles. The molecule has 270 valence electrons. The summed E-state index contributed by atoms with van der Waals surface area (Å²) in [6.07, 6.45) is 0. The maximum Gasteiger partial charge on any atom is 0.0979 e. The highest BCUT2D eigenvalue weighted by Gasteiger charge is 2.21. The number of pyridine rings is 2. The Labute approximate surface area is 337 Å². The smallest absolute Gasteiger partial charge is 0.0979 e. The van der Waals surface area contributed by atoms with Crippen LogP contribution in [0.4, 0.5) is 0 Å². The quantitative estimate of drug-likeness (QED) is 0.125. The third-order valence-electron chi connectivity index (χ3n) is 11.5. The number of benzene rings is 9. The van der Waals surface area contributed by atoms with Crippen molar-refractivity contribution in [3.8, 4) is 67.0 Å². The van der Waals surface area contributed by atoms with E-state index < -0.39 is 0 Å². The van der Waals surface area contributed by atoms with Crippen LogP contribution in [-0.2, 0) is 0 Å². The van der Waals surface area contributed by atoms with Crippen molar-refractivity contribution >= 4 is 43.4 Å². The van der Waals surface area contributed by atoms with Crippen LogP contribution < -0.4 is 0 Å². The van der Waals surface area contributed by atoms with Gasteiger partial charge in [-0.3, -0.25) is 0 Å². The molecule has 58 heavy (non-hydrogen) atoms. The van der Waals surface area contributed by atoms with Crippen LogP contribution in [0.1, 0.15) is 0 Å². The van der Waals surface area contributed by atoms with Gasteiger partial charge in [-0.1, -0.05) is 194 Å². The molecule has 0 aliphatic carbocycles. The zero-order valence-corrected chi connectivity index (χ0v) is 31.7. The minimum absolute atomic E-state index is 0.890. The van der Waals surface area contributed by atoms with Gasteiger partial charge < -0.3 is 0 Å². The van der Waals surface area contributed by atoms with Crippen molar-refractivity contribution in [2.24, 2.45) is 0 Å². The average molecular weight is 737 g/mol. The van der Waals surface area contributed by atoms with Crippen molar-refractivity contribution < 1.29 is 0 Å². The van der Waals surface area contributed by atoms with E-state index >= 15 is 0 Å². The summed E-state index contributed by atoms with van der Waals surface area (Å²) in [6.45, 7) is 0. The normalized spacial score (nSPS) is 11.4. The van der Waals surface area contributed by atoms with Crippen LogP contribution in [-0.4, -0.2) is 9.97 Å². The zero-order chi connectivity index (χ0) is 38.4. The van der Waals surface area contributed by atoms with E-state index in [-0.39, 0.29) is 0 Å². The molecule has 2 nitrogen and oxygen atoms in total. The predicted molar refractivity (Wildman–Crippen MR) is 245 cm³/mol. The van der Waals surface area contributed by atoms with Crippen molar-refractivity contribution in [2.45, 2.75) is 0 Å². The maximum atomic E-state index is 5.51. The first-order valence-corrected chi connectivity index (χ1v) is 19.8. The van der Waals surface area contributed by atoms with Gasteiger partial charge in [0.25, 0.3) is 0 Å². The monoisotopic (exact) mass is 736 g/mol. The van der Waals surface area contributed by atoms with Crippen molar-refractivity contribution in [2.75, 3.05) is 0 Å². The molecule has 0 saturated carbocycles. The number of hydrogen-bond acceptors (Lipinski definition) is 2. The lowest BCUT2D eigenvalue weighted by Gasteiger charge is -2.19. The van der Waals surface area contributed by atoms with Crippen LogP contribution in [0, 0.1) is 0 Å². The predicted octanol–water partition coefficient (Wildman–Crippen LogP) is 15.1. The van der Waals surface area contributed by atoms with E-state index in [0.717, 1.165) is 66.6 Å². The summed E-state index contributed by atoms with van der Waals surface area (Å²) >= 11 is 0. The molecule has 0 amide bonds. The second kappa shape index (κ2) is 14.1. The van der Waals surface area contributed by atoms with E-state index in [1.165, 1.54) is 43.8 Å². The van der Waals surface area contributed by atoms with Gasteiger partial charge in [0.1, 0.15) is 0 Å². The molecule has 9 aromatic carbocycles. The Hall–Kier alpha value is -7.68. The highest BCUT2D eigenvalue weighted by molar-refractivity contribution is 6.22. The second-order valence-corrected chi connectivity index (χ2v) is 14.8. The summed E-state index contributed by atoms with van der Waals surface area (Å²) in [5, 5.41) is 7.14. The van der Waals surface area contributed by atoms with Gasteiger partial charge in [-0.2, -0.15) is 0 Å². The Morgan fingerprint density at radius 2 is 0.466 bits per heavy atom. The zero-order valence-electron chi connectivity index (χ0n) is 31.7. The Bertz CT molecular complexity index is 3230. The van der Waals surface area contributed by atoms with Gasteiger partial charge in [-0.05, 0) is 90.3 Å². The van der Waals surface area contributed by atoms with Gasteiger partial charge in [0.15, 0.2) is 0 Å². The van der Waals surface area contributed by atoms with Gasteiger partial charge in [-0.25, -0.2) is 9.97 Å². The molecule has 0 N–H and O–H groups in total. The van der Waals surface area contributed by atoms with Crippen molar-refractivity contribution in [1.82, 2.24) is 9.97 Å². The average Bonchev–Trinajstić information content (AvgIpc) is 3.31. The highest BCUT2D eigenvalue weighted by Crippen LogP contribution is 2.46. The molecule has 2 aromatic heterocycles. The van der Waals surface area contributed by atoms with E-state index in [2.05, 4.69) is 212 Å². The molecular weight excluding hydrogens is 701 g/mol. The number of aromatic nitrogens is 2. The topological polar surface area (TPSA) is 25.8 Å². The standard InChI is InChI=1S/C56H36N2/c1-5-17-37(18-6-1)49-35-33-47-53(40-21-9-3-10-22-40)54(41-23-11-4-12-24-41)48-34-36-50(58-56(48)55(47)57-49)38-29-31-42(32-30-38)52-45-27-15-13-25-43(45)51(39-19-7-2-8-20-39)44-26-14-16-28-46(44)52/h1-36H. The summed E-state index contributed by atoms with van der Waals surface area (Å²) in [5.41, 5.74) is 15.3. The largest absolute Gasteiger partial charge is 0.245 e. The fourth-order valence-corrected chi connectivity index (χ4v) is 8.85. The van der Waals surface area contributed by atoms with Crippen LogP contribution >= 0.6 is 0 Å². The number of fused-ring (bicyclic) bond motifs is 5. The number of rotatable bonds is 6. The van der Waals surface area contributed by atoms with Crippen LogP contribution in [0.2, 0.25) is 0 Å². The van der Waals surface area contributed by atoms with E-state index in [9.17, 15) is 0 Å². The lowest BCUT2D eigenvalue weighted by molar-refractivity contribution is 1.36. The number of nitrogens with zero attached hydrogens (tertiary/aromatic N) is 2. The van der Waals surface area contributed by atoms with E-state index in [4.69, 9.17) is 9.97 Å². The van der Waals surface area contributed by atoms with Gasteiger partial charge >= 0.3 is 0 Å². The maximum absolute atomic E-state index is 5.51. The SMILES string of the molecule is c1ccc(-c2ccc3c(-c4ccccc4)c(-c4ccccc4)c4ccc(-c5ccc(-c6c7ccccc7c(-c7ccccc7)c7ccccc67)cc5)nc4c3n2)cc1. The minimum atomic E-state index is 0.890. The summed E-state index contributed by atoms with van der Waals surface area (Å²) in [4.78, 5) is 10.9. The van der Waals surface area contributed by atoms with Gasteiger partial charge in [0.2, 0.25) is 0 Å². The molecule has 0 aliphatic rings. The molecule has 11 rings (SSSR count). The van der Waals surface area contributed by atoms with Crippen LogP contribution in [0.5, 0.6) is 0 Å². The van der Waals surface area contributed by atoms with Crippen LogP contribution in [0.15, 0.2) is 218 Å². The second-order valence-electron chi connectivity index (χ2n) is 14.8. The van der Waals surface area contributed by atoms with Crippen LogP contribution in [0.3, 0.4) is 0 Å². The fourth-order valence-electron chi connectivity index (χ4n) is 8.85. The summed E-state index contributed by atoms with van der Waals surface area (Å²) in [6, 6.07) is 78.0. The van der Waals surface area contributed by atoms with E-state index in [1.54, 1.807) is 0 Å². The Balaban J connectivity index is 1.12. The molecule has 0 fully saturated rings. The third kappa shape index (κ3) is 5.66. The molecule has 0 saturated heterocycles. The molecule has 0 radical (unpaired) electrons. The Kier molecular flexibility index (Phi) is 8.19. The fraction of sp³-hybridized carbons (Fsp3) is 0. The first-order chi connectivity index (χ1) is 28.8. The Morgan fingerprint density at radius 3 is 0.845 bits per heavy atom. The molecule has 0 spiro atoms. The van der Waals surface area contributed by atoms with Gasteiger partial charge in [-0.15, -0.1) is 0 Å². The third-order valence-corrected chi connectivity index (χ3v) is 11.5. The molecule has 0 bridgehead atoms. The van der Waals surface area contributed by atoms with E-state index in [1.807, 2.05) is 6.07 Å². The first-order valence-electron chi connectivity index (χ1n) is 19.8. The van der Waals surface area contributed by atoms with Crippen LogP contribution in [0.25, 0.3) is 110 Å². The molecule has 0 atom stereocenters. The Morgan fingerprint density at radius 1 is 0.190 bits per heavy atom. The minimum Gasteiger partial charge on any atom is -0.245 e. The highest BCUT2D eigenvalue weighted by atomic mass is 14.8. The summed E-state index contributed by atoms with van der Waals surface area (Å²) in [5.74, 6) is 0. The lowest BCUT2D eigenvalue weighted by atomic mass is 9.86. The van der Waals surface area contributed by atoms with E-state index in [0.29, 0.717) is 0 Å². The first kappa shape index (κ1) is 33.6. The lowest BCUT2D eigenvalue weighted by Crippen LogP contribution is -1.97. The van der Waals surface area contributed by atoms with Crippen molar-refractivity contribution in [3.63, 3.8) is 0 Å². The van der Waals surface area contributed by atoms with Gasteiger partial charge in [0, 0.05) is 21.9 Å². The number of hydrogen-bond donors (Lipinski definition) is 0. The molecule has 0 unspecified atom stereocenters. The summed E-state index contributed by atoms with van der Waals surface area (Å²) < 4.78 is 0. The van der Waals surface area contributed by atoms with Gasteiger partial charge in [0.05, 0.1) is 22.4 Å². The summed E-state index contributed by atoms with van der Waals surface area (Å²) in [7, 11) is 0.